The zero-order chi connectivity index (χ0) is 17.6. The fraction of sp³-hybridized carbons (Fsp3) is 0.188. The Kier molecular flexibility index (Phi) is 6.16. The Morgan fingerprint density at radius 3 is 2.38 bits per heavy atom. The van der Waals surface area contributed by atoms with Gasteiger partial charge in [0.15, 0.2) is 5.69 Å². The Balaban J connectivity index is 2.00. The van der Waals surface area contributed by atoms with Crippen LogP contribution in [0.15, 0.2) is 54.7 Å². The highest BCUT2D eigenvalue weighted by molar-refractivity contribution is 7.80. The molecule has 2 unspecified atom stereocenters. The van der Waals surface area contributed by atoms with E-state index in [9.17, 15) is 0 Å². The van der Waals surface area contributed by atoms with Crippen LogP contribution in [0.25, 0.3) is 0 Å². The van der Waals surface area contributed by atoms with Crippen LogP contribution in [0.4, 0.5) is 5.69 Å². The first kappa shape index (κ1) is 18.2. The van der Waals surface area contributed by atoms with Gasteiger partial charge < -0.3 is 5.73 Å². The minimum absolute atomic E-state index is 0.0155. The Morgan fingerprint density at radius 1 is 1.12 bits per heavy atom. The monoisotopic (exact) mass is 361 g/mol. The quantitative estimate of drug-likeness (QED) is 0.376. The van der Waals surface area contributed by atoms with Gasteiger partial charge in [0.1, 0.15) is 7.05 Å². The number of pyridine rings is 1. The number of hydrogen-bond donors (Lipinski definition) is 4. The van der Waals surface area contributed by atoms with Crippen molar-refractivity contribution >= 4 is 40.3 Å². The predicted octanol–water partition coefficient (Wildman–Crippen LogP) is 1.91. The summed E-state index contributed by atoms with van der Waals surface area (Å²) >= 11 is 10.6. The molecule has 0 saturated carbocycles. The van der Waals surface area contributed by atoms with E-state index in [4.69, 9.17) is 30.2 Å². The number of hydrazine groups is 1. The van der Waals surface area contributed by atoms with Crippen molar-refractivity contribution in [3.05, 3.63) is 60.4 Å². The molecule has 0 bridgehead atoms. The molecule has 1 aromatic carbocycles. The molecule has 2 atom stereocenters. The van der Waals surface area contributed by atoms with E-state index in [1.54, 1.807) is 6.20 Å². The molecule has 6 nitrogen and oxygen atoms in total. The molecule has 0 spiro atoms. The van der Waals surface area contributed by atoms with Crippen molar-refractivity contribution in [3.63, 3.8) is 0 Å². The Bertz CT molecular complexity index is 694. The summed E-state index contributed by atoms with van der Waals surface area (Å²) in [6.07, 6.45) is 1.75. The Morgan fingerprint density at radius 2 is 1.79 bits per heavy atom. The minimum Gasteiger partial charge on any atom is -0.343 e. The van der Waals surface area contributed by atoms with Gasteiger partial charge in [-0.3, -0.25) is 10.4 Å². The minimum atomic E-state index is -0.0220. The van der Waals surface area contributed by atoms with E-state index >= 15 is 0 Å². The number of rotatable bonds is 4. The summed E-state index contributed by atoms with van der Waals surface area (Å²) in [4.78, 5) is 4.30. The molecular formula is C16H21N6S2+. The summed E-state index contributed by atoms with van der Waals surface area (Å²) in [5.74, 6) is 0. The second kappa shape index (κ2) is 8.11. The molecule has 0 aliphatic rings. The summed E-state index contributed by atoms with van der Waals surface area (Å²) < 4.78 is 0.0155. The van der Waals surface area contributed by atoms with Crippen LogP contribution in [-0.2, 0) is 0 Å². The number of para-hydroxylation sites is 1. The van der Waals surface area contributed by atoms with Gasteiger partial charge in [-0.15, -0.1) is 4.59 Å². The molecule has 0 amide bonds. The third-order valence-corrected chi connectivity index (χ3v) is 4.13. The lowest BCUT2D eigenvalue weighted by Crippen LogP contribution is -2.67. The molecule has 0 saturated heterocycles. The van der Waals surface area contributed by atoms with E-state index in [2.05, 4.69) is 21.3 Å². The number of quaternary nitrogens is 1. The van der Waals surface area contributed by atoms with E-state index in [-0.39, 0.29) is 15.7 Å². The molecule has 24 heavy (non-hydrogen) atoms. The van der Waals surface area contributed by atoms with Gasteiger partial charge in [0.25, 0.3) is 5.11 Å². The largest absolute Gasteiger partial charge is 0.343 e. The van der Waals surface area contributed by atoms with Crippen LogP contribution >= 0.6 is 24.4 Å². The van der Waals surface area contributed by atoms with Crippen molar-refractivity contribution in [2.75, 3.05) is 7.05 Å². The highest BCUT2D eigenvalue weighted by atomic mass is 32.1. The topological polar surface area (TPSA) is 75.0 Å². The molecule has 8 heteroatoms. The first-order valence-corrected chi connectivity index (χ1v) is 8.22. The molecule has 1 aromatic heterocycles. The first-order valence-electron chi connectivity index (χ1n) is 7.40. The summed E-state index contributed by atoms with van der Waals surface area (Å²) in [6, 6.07) is 15.4. The van der Waals surface area contributed by atoms with Gasteiger partial charge in [0.05, 0.1) is 11.7 Å². The Hall–Kier alpha value is -2.13. The molecule has 0 aliphatic carbocycles. The lowest BCUT2D eigenvalue weighted by molar-refractivity contribution is 0.429. The third kappa shape index (κ3) is 4.45. The second-order valence-corrected chi connectivity index (χ2v) is 6.19. The molecule has 1 heterocycles. The maximum atomic E-state index is 5.92. The van der Waals surface area contributed by atoms with Crippen LogP contribution in [-0.4, -0.2) is 22.3 Å². The summed E-state index contributed by atoms with van der Waals surface area (Å²) in [7, 11) is 1.84. The molecule has 0 fully saturated rings. The van der Waals surface area contributed by atoms with E-state index < -0.39 is 0 Å². The van der Waals surface area contributed by atoms with Gasteiger partial charge in [0, 0.05) is 30.5 Å². The fourth-order valence-corrected chi connectivity index (χ4v) is 2.48. The van der Waals surface area contributed by atoms with E-state index in [1.165, 1.54) is 0 Å². The molecule has 126 valence electrons. The maximum absolute atomic E-state index is 5.92. The van der Waals surface area contributed by atoms with Gasteiger partial charge >= 0.3 is 0 Å². The SMILES string of the molecule is CC(NNC(=S)N[N+](C)(C(N)=S)c1ccccc1)c1ccccn1. The van der Waals surface area contributed by atoms with Gasteiger partial charge in [-0.05, 0) is 31.3 Å². The number of aromatic nitrogens is 1. The smallest absolute Gasteiger partial charge is 0.297 e. The summed E-state index contributed by atoms with van der Waals surface area (Å²) in [5.41, 5.74) is 16.9. The number of thiocarbonyl (C=S) groups is 2. The third-order valence-electron chi connectivity index (χ3n) is 3.57. The molecule has 2 rings (SSSR count). The van der Waals surface area contributed by atoms with Crippen molar-refractivity contribution in [1.82, 2.24) is 25.9 Å². The average Bonchev–Trinajstić information content (AvgIpc) is 2.61. The number of nitrogens with zero attached hydrogens (tertiary/aromatic N) is 2. The molecule has 0 aliphatic heterocycles. The zero-order valence-corrected chi connectivity index (χ0v) is 15.2. The van der Waals surface area contributed by atoms with E-state index in [1.807, 2.05) is 62.5 Å². The number of benzene rings is 1. The Labute approximate surface area is 152 Å². The standard InChI is InChI=1S/C16H20N6S2/c1-12(14-10-6-7-11-18-14)19-20-16(24)21-22(2,15(17)23)13-8-4-3-5-9-13/h3-12,19H,1-2H3,(H3-,17,20,21,23,24)/p+1. The highest BCUT2D eigenvalue weighted by Crippen LogP contribution is 2.17. The van der Waals surface area contributed by atoms with Crippen molar-refractivity contribution in [1.29, 1.82) is 0 Å². The average molecular weight is 362 g/mol. The number of hydrogen-bond acceptors (Lipinski definition) is 4. The van der Waals surface area contributed by atoms with Crippen LogP contribution in [0.5, 0.6) is 0 Å². The predicted molar refractivity (Wildman–Crippen MR) is 106 cm³/mol. The lowest BCUT2D eigenvalue weighted by atomic mass is 10.2. The fourth-order valence-electron chi connectivity index (χ4n) is 2.08. The van der Waals surface area contributed by atoms with Crippen molar-refractivity contribution in [3.8, 4) is 0 Å². The normalized spacial score (nSPS) is 14.2. The first-order chi connectivity index (χ1) is 11.4. The lowest BCUT2D eigenvalue weighted by Gasteiger charge is -2.32. The van der Waals surface area contributed by atoms with Crippen molar-refractivity contribution in [2.45, 2.75) is 13.0 Å². The molecular weight excluding hydrogens is 340 g/mol. The van der Waals surface area contributed by atoms with Crippen LogP contribution in [0.1, 0.15) is 18.7 Å². The van der Waals surface area contributed by atoms with E-state index in [0.29, 0.717) is 5.11 Å². The molecule has 0 radical (unpaired) electrons. The van der Waals surface area contributed by atoms with Gasteiger partial charge in [-0.1, -0.05) is 24.3 Å². The molecule has 5 N–H and O–H groups in total. The van der Waals surface area contributed by atoms with Crippen LogP contribution in [0.2, 0.25) is 0 Å². The van der Waals surface area contributed by atoms with Gasteiger partial charge in [0.2, 0.25) is 5.11 Å². The van der Waals surface area contributed by atoms with Crippen molar-refractivity contribution in [2.24, 2.45) is 5.73 Å². The van der Waals surface area contributed by atoms with Crippen LogP contribution in [0.3, 0.4) is 0 Å². The molecule has 2 aromatic rings. The van der Waals surface area contributed by atoms with E-state index in [0.717, 1.165) is 11.4 Å². The maximum Gasteiger partial charge on any atom is 0.297 e. The highest BCUT2D eigenvalue weighted by Gasteiger charge is 2.31. The van der Waals surface area contributed by atoms with Crippen LogP contribution < -0.4 is 26.6 Å². The zero-order valence-electron chi connectivity index (χ0n) is 13.6. The number of nitrogens with one attached hydrogen (secondary N) is 3. The van der Waals surface area contributed by atoms with Gasteiger partial charge in [-0.25, -0.2) is 5.43 Å². The summed E-state index contributed by atoms with van der Waals surface area (Å²) in [5, 5.41) is 0.625. The van der Waals surface area contributed by atoms with Crippen molar-refractivity contribution < 1.29 is 0 Å². The summed E-state index contributed by atoms with van der Waals surface area (Å²) in [6.45, 7) is 1.98. The number of nitrogens with two attached hydrogens (primary N) is 1. The van der Waals surface area contributed by atoms with Crippen LogP contribution in [0, 0.1) is 0 Å². The second-order valence-electron chi connectivity index (χ2n) is 5.37. The van der Waals surface area contributed by atoms with Gasteiger partial charge in [-0.2, -0.15) is 5.43 Å².